The molecule has 0 unspecified atom stereocenters. The Bertz CT molecular complexity index is 1050. The van der Waals surface area contributed by atoms with Crippen LogP contribution in [0.15, 0.2) is 48.5 Å². The maximum Gasteiger partial charge on any atom is 0.407 e. The van der Waals surface area contributed by atoms with Crippen molar-refractivity contribution in [2.75, 3.05) is 26.2 Å². The normalized spacial score (nSPS) is 12.3. The van der Waals surface area contributed by atoms with Crippen LogP contribution < -0.4 is 16.0 Å². The fourth-order valence-corrected chi connectivity index (χ4v) is 4.38. The highest BCUT2D eigenvalue weighted by atomic mass is 16.5. The molecule has 3 rings (SSSR count). The number of alkyl carbamates (subject to hydrolysis) is 1. The topological polar surface area (TPSA) is 134 Å². The lowest BCUT2D eigenvalue weighted by Crippen LogP contribution is -2.50. The molecule has 9 heteroatoms. The van der Waals surface area contributed by atoms with E-state index in [2.05, 4.69) is 28.1 Å². The number of carboxylic acid groups (broad SMARTS) is 1. The van der Waals surface area contributed by atoms with Gasteiger partial charge in [-0.15, -0.1) is 0 Å². The van der Waals surface area contributed by atoms with Crippen LogP contribution in [0.1, 0.15) is 43.7 Å². The van der Waals surface area contributed by atoms with Crippen LogP contribution in [0, 0.1) is 5.41 Å². The van der Waals surface area contributed by atoms with Gasteiger partial charge in [0.1, 0.15) is 13.2 Å². The highest BCUT2D eigenvalue weighted by Gasteiger charge is 2.36. The molecule has 2 aromatic carbocycles. The largest absolute Gasteiger partial charge is 0.480 e. The molecule has 0 saturated heterocycles. The first-order valence-corrected chi connectivity index (χ1v) is 11.7. The van der Waals surface area contributed by atoms with Crippen LogP contribution in [0.4, 0.5) is 4.79 Å². The maximum atomic E-state index is 12.8. The standard InChI is InChI=1S/C26H31N3O6/c1-3-26(4-2,24(33)28-13-22(30)27-14-23(31)32)16-29-25(34)35-15-21-19-11-7-5-9-17(19)18-10-6-8-12-20(18)21/h5-12,21H,3-4,13-16H2,1-2H3,(H,27,30)(H,28,33)(H,29,34)(H,31,32). The summed E-state index contributed by atoms with van der Waals surface area (Å²) in [7, 11) is 0. The highest BCUT2D eigenvalue weighted by molar-refractivity contribution is 5.89. The third-order valence-electron chi connectivity index (χ3n) is 6.60. The molecule has 0 bridgehead atoms. The van der Waals surface area contributed by atoms with E-state index >= 15 is 0 Å². The maximum absolute atomic E-state index is 12.8. The van der Waals surface area contributed by atoms with Crippen molar-refractivity contribution in [3.8, 4) is 11.1 Å². The Morgan fingerprint density at radius 2 is 1.43 bits per heavy atom. The first kappa shape index (κ1) is 25.7. The zero-order chi connectivity index (χ0) is 25.4. The molecular formula is C26H31N3O6. The Kier molecular flexibility index (Phi) is 8.46. The lowest BCUT2D eigenvalue weighted by atomic mass is 9.81. The van der Waals surface area contributed by atoms with Crippen molar-refractivity contribution in [2.45, 2.75) is 32.6 Å². The fourth-order valence-electron chi connectivity index (χ4n) is 4.38. The van der Waals surface area contributed by atoms with Crippen LogP contribution in [0.3, 0.4) is 0 Å². The summed E-state index contributed by atoms with van der Waals surface area (Å²) in [6.45, 7) is 2.99. The number of carbonyl (C=O) groups is 4. The number of hydrogen-bond acceptors (Lipinski definition) is 5. The van der Waals surface area contributed by atoms with E-state index < -0.39 is 35.8 Å². The molecule has 0 aromatic heterocycles. The second-order valence-electron chi connectivity index (χ2n) is 8.52. The second kappa shape index (κ2) is 11.5. The van der Waals surface area contributed by atoms with E-state index in [1.165, 1.54) is 0 Å². The lowest BCUT2D eigenvalue weighted by Gasteiger charge is -2.30. The Hall–Kier alpha value is -3.88. The molecule has 35 heavy (non-hydrogen) atoms. The number of carboxylic acids is 1. The number of ether oxygens (including phenoxy) is 1. The molecule has 0 aliphatic heterocycles. The SMILES string of the molecule is CCC(CC)(CNC(=O)OCC1c2ccccc2-c2ccccc21)C(=O)NCC(=O)NCC(=O)O. The zero-order valence-corrected chi connectivity index (χ0v) is 19.9. The van der Waals surface area contributed by atoms with Gasteiger partial charge in [0.2, 0.25) is 11.8 Å². The van der Waals surface area contributed by atoms with E-state index in [0.29, 0.717) is 12.8 Å². The van der Waals surface area contributed by atoms with E-state index in [4.69, 9.17) is 9.84 Å². The molecule has 0 radical (unpaired) electrons. The molecule has 0 spiro atoms. The first-order valence-electron chi connectivity index (χ1n) is 11.7. The number of fused-ring (bicyclic) bond motifs is 3. The molecule has 186 valence electrons. The van der Waals surface area contributed by atoms with Gasteiger partial charge in [-0.2, -0.15) is 0 Å². The Morgan fingerprint density at radius 1 is 0.857 bits per heavy atom. The Labute approximate surface area is 204 Å². The van der Waals surface area contributed by atoms with Crippen molar-refractivity contribution in [1.82, 2.24) is 16.0 Å². The van der Waals surface area contributed by atoms with Gasteiger partial charge >= 0.3 is 12.1 Å². The van der Waals surface area contributed by atoms with E-state index in [-0.39, 0.29) is 25.6 Å². The van der Waals surface area contributed by atoms with Gasteiger partial charge in [-0.3, -0.25) is 14.4 Å². The third kappa shape index (κ3) is 5.98. The summed E-state index contributed by atoms with van der Waals surface area (Å²) < 4.78 is 5.55. The van der Waals surface area contributed by atoms with Gasteiger partial charge in [0.25, 0.3) is 0 Å². The summed E-state index contributed by atoms with van der Waals surface area (Å²) in [5, 5.41) is 16.1. The van der Waals surface area contributed by atoms with Gasteiger partial charge in [-0.05, 0) is 35.1 Å². The fraction of sp³-hybridized carbons (Fsp3) is 0.385. The van der Waals surface area contributed by atoms with Gasteiger partial charge in [0.15, 0.2) is 0 Å². The molecule has 3 amide bonds. The molecule has 4 N–H and O–H groups in total. The van der Waals surface area contributed by atoms with E-state index in [1.54, 1.807) is 0 Å². The average Bonchev–Trinajstić information content (AvgIpc) is 3.19. The number of hydrogen-bond donors (Lipinski definition) is 4. The van der Waals surface area contributed by atoms with Crippen molar-refractivity contribution in [1.29, 1.82) is 0 Å². The van der Waals surface area contributed by atoms with Crippen molar-refractivity contribution in [2.24, 2.45) is 5.41 Å². The Morgan fingerprint density at radius 3 is 1.97 bits per heavy atom. The zero-order valence-electron chi connectivity index (χ0n) is 19.9. The molecule has 0 saturated carbocycles. The average molecular weight is 482 g/mol. The van der Waals surface area contributed by atoms with Crippen molar-refractivity contribution in [3.05, 3.63) is 59.7 Å². The predicted octanol–water partition coefficient (Wildman–Crippen LogP) is 2.65. The quantitative estimate of drug-likeness (QED) is 0.390. The number of nitrogens with one attached hydrogen (secondary N) is 3. The molecule has 0 atom stereocenters. The van der Waals surface area contributed by atoms with Gasteiger partial charge in [-0.25, -0.2) is 4.79 Å². The summed E-state index contributed by atoms with van der Waals surface area (Å²) in [5.41, 5.74) is 3.56. The second-order valence-corrected chi connectivity index (χ2v) is 8.52. The van der Waals surface area contributed by atoms with Crippen LogP contribution in [0.5, 0.6) is 0 Å². The first-order chi connectivity index (χ1) is 16.8. The number of aliphatic carboxylic acids is 1. The third-order valence-corrected chi connectivity index (χ3v) is 6.60. The summed E-state index contributed by atoms with van der Waals surface area (Å²) in [4.78, 5) is 47.7. The molecule has 9 nitrogen and oxygen atoms in total. The minimum Gasteiger partial charge on any atom is -0.480 e. The number of benzene rings is 2. The smallest absolute Gasteiger partial charge is 0.407 e. The molecule has 2 aromatic rings. The van der Waals surface area contributed by atoms with Gasteiger partial charge in [0, 0.05) is 12.5 Å². The van der Waals surface area contributed by atoms with Crippen LogP contribution in [-0.4, -0.2) is 55.2 Å². The molecule has 1 aliphatic carbocycles. The van der Waals surface area contributed by atoms with Crippen LogP contribution in [0.25, 0.3) is 11.1 Å². The van der Waals surface area contributed by atoms with Gasteiger partial charge in [-0.1, -0.05) is 62.4 Å². The van der Waals surface area contributed by atoms with Crippen LogP contribution >= 0.6 is 0 Å². The molecular weight excluding hydrogens is 450 g/mol. The lowest BCUT2D eigenvalue weighted by molar-refractivity contribution is -0.138. The number of rotatable bonds is 11. The van der Waals surface area contributed by atoms with Crippen LogP contribution in [-0.2, 0) is 19.1 Å². The number of amides is 3. The Balaban J connectivity index is 1.56. The minimum atomic E-state index is -1.17. The minimum absolute atomic E-state index is 0.0409. The van der Waals surface area contributed by atoms with Crippen molar-refractivity contribution < 1.29 is 29.0 Å². The summed E-state index contributed by atoms with van der Waals surface area (Å²) in [6, 6.07) is 16.1. The van der Waals surface area contributed by atoms with Crippen molar-refractivity contribution in [3.63, 3.8) is 0 Å². The molecule has 0 heterocycles. The summed E-state index contributed by atoms with van der Waals surface area (Å²) in [5.74, 6) is -2.24. The van der Waals surface area contributed by atoms with E-state index in [9.17, 15) is 19.2 Å². The van der Waals surface area contributed by atoms with Crippen molar-refractivity contribution >= 4 is 23.9 Å². The van der Waals surface area contributed by atoms with Gasteiger partial charge in [0.05, 0.1) is 12.0 Å². The highest BCUT2D eigenvalue weighted by Crippen LogP contribution is 2.44. The van der Waals surface area contributed by atoms with E-state index in [0.717, 1.165) is 22.3 Å². The monoisotopic (exact) mass is 481 g/mol. The van der Waals surface area contributed by atoms with E-state index in [1.807, 2.05) is 50.2 Å². The predicted molar refractivity (Wildman–Crippen MR) is 130 cm³/mol. The summed E-state index contributed by atoms with van der Waals surface area (Å²) >= 11 is 0. The molecule has 0 fully saturated rings. The number of carbonyl (C=O) groups excluding carboxylic acids is 3. The molecule has 1 aliphatic rings. The van der Waals surface area contributed by atoms with Gasteiger partial charge < -0.3 is 25.8 Å². The summed E-state index contributed by atoms with van der Waals surface area (Å²) in [6.07, 6.45) is 0.232. The van der Waals surface area contributed by atoms with Crippen LogP contribution in [0.2, 0.25) is 0 Å².